The highest BCUT2D eigenvalue weighted by molar-refractivity contribution is 7.27. The predicted molar refractivity (Wildman–Crippen MR) is 165 cm³/mol. The molecule has 1 aromatic heterocycles. The van der Waals surface area contributed by atoms with E-state index >= 15 is 0 Å². The van der Waals surface area contributed by atoms with E-state index in [1.165, 1.54) is 48.1 Å². The first-order valence-electron chi connectivity index (χ1n) is 12.9. The lowest BCUT2D eigenvalue weighted by Crippen LogP contribution is -2.09. The van der Waals surface area contributed by atoms with Crippen LogP contribution in [0.2, 0.25) is 0 Å². The third-order valence-corrected chi connectivity index (χ3v) is 8.35. The van der Waals surface area contributed by atoms with Crippen LogP contribution in [0, 0.1) is 0 Å². The number of hydrogen-bond acceptors (Lipinski definition) is 2. The second kappa shape index (κ2) is 9.66. The molecule has 180 valence electrons. The molecule has 0 saturated carbocycles. The van der Waals surface area contributed by atoms with Crippen LogP contribution in [0.5, 0.6) is 0 Å². The number of fused-ring (bicyclic) bond motifs is 3. The van der Waals surface area contributed by atoms with Gasteiger partial charge in [0.05, 0.1) is 10.4 Å². The summed E-state index contributed by atoms with van der Waals surface area (Å²) in [5, 5.41) is 2.60. The Morgan fingerprint density at radius 2 is 0.895 bits per heavy atom. The minimum atomic E-state index is 1.14. The summed E-state index contributed by atoms with van der Waals surface area (Å²) in [6.45, 7) is 0. The molecule has 0 aliphatic carbocycles. The number of thiophene rings is 1. The zero-order valence-electron chi connectivity index (χ0n) is 20.8. The van der Waals surface area contributed by atoms with Gasteiger partial charge in [0, 0.05) is 26.8 Å². The van der Waals surface area contributed by atoms with E-state index in [0.29, 0.717) is 0 Å². The molecule has 7 rings (SSSR count). The topological polar surface area (TPSA) is 3.24 Å². The van der Waals surface area contributed by atoms with Gasteiger partial charge in [-0.3, -0.25) is 0 Å². The molecule has 0 saturated heterocycles. The van der Waals surface area contributed by atoms with Gasteiger partial charge in [0.15, 0.2) is 0 Å². The van der Waals surface area contributed by atoms with E-state index in [1.807, 2.05) is 11.3 Å². The van der Waals surface area contributed by atoms with Crippen LogP contribution in [0.1, 0.15) is 0 Å². The Balaban J connectivity index is 1.43. The van der Waals surface area contributed by atoms with Crippen molar-refractivity contribution in [3.63, 3.8) is 0 Å². The van der Waals surface area contributed by atoms with Gasteiger partial charge in [0.25, 0.3) is 0 Å². The summed E-state index contributed by atoms with van der Waals surface area (Å²) in [7, 11) is 0. The number of hydrogen-bond donors (Lipinski definition) is 0. The van der Waals surface area contributed by atoms with Crippen molar-refractivity contribution in [2.24, 2.45) is 0 Å². The molecular weight excluding hydrogens is 478 g/mol. The smallest absolute Gasteiger partial charge is 0.0640 e. The third-order valence-electron chi connectivity index (χ3n) is 7.08. The summed E-state index contributed by atoms with van der Waals surface area (Å²) in [6, 6.07) is 54.2. The standard InChI is InChI=1S/C36H25NS/c1-4-12-26(13-5-1)27-22-24-30(25-23-27)37(29-16-8-3-9-17-29)34-21-11-20-33-32-19-10-18-31(35(32)38-36(33)34)28-14-6-2-7-15-28/h1-25H. The van der Waals surface area contributed by atoms with Crippen LogP contribution in [-0.4, -0.2) is 0 Å². The fraction of sp³-hybridized carbons (Fsp3) is 0. The first-order valence-corrected chi connectivity index (χ1v) is 13.7. The van der Waals surface area contributed by atoms with E-state index in [0.717, 1.165) is 11.4 Å². The Morgan fingerprint density at radius 1 is 0.368 bits per heavy atom. The highest BCUT2D eigenvalue weighted by Gasteiger charge is 2.19. The lowest BCUT2D eigenvalue weighted by atomic mass is 10.0. The molecule has 0 unspecified atom stereocenters. The van der Waals surface area contributed by atoms with Crippen molar-refractivity contribution in [2.75, 3.05) is 4.90 Å². The van der Waals surface area contributed by atoms with Crippen LogP contribution in [0.15, 0.2) is 152 Å². The van der Waals surface area contributed by atoms with Crippen molar-refractivity contribution in [1.29, 1.82) is 0 Å². The Bertz CT molecular complexity index is 1840. The molecule has 0 aliphatic rings. The van der Waals surface area contributed by atoms with E-state index in [9.17, 15) is 0 Å². The molecule has 1 nitrogen and oxygen atoms in total. The SMILES string of the molecule is c1ccc(-c2ccc(N(c3ccccc3)c3cccc4c3sc3c(-c5ccccc5)cccc34)cc2)cc1. The lowest BCUT2D eigenvalue weighted by Gasteiger charge is -2.26. The number of nitrogens with zero attached hydrogens (tertiary/aromatic N) is 1. The van der Waals surface area contributed by atoms with E-state index in [4.69, 9.17) is 0 Å². The average Bonchev–Trinajstić information content (AvgIpc) is 3.39. The van der Waals surface area contributed by atoms with Gasteiger partial charge in [-0.05, 0) is 52.6 Å². The summed E-state index contributed by atoms with van der Waals surface area (Å²) in [6.07, 6.45) is 0. The maximum atomic E-state index is 2.38. The largest absolute Gasteiger partial charge is 0.309 e. The van der Waals surface area contributed by atoms with E-state index in [2.05, 4.69) is 157 Å². The van der Waals surface area contributed by atoms with Gasteiger partial charge in [-0.1, -0.05) is 121 Å². The molecular formula is C36H25NS. The van der Waals surface area contributed by atoms with Gasteiger partial charge in [-0.15, -0.1) is 11.3 Å². The maximum Gasteiger partial charge on any atom is 0.0640 e. The predicted octanol–water partition coefficient (Wildman–Crippen LogP) is 10.9. The third kappa shape index (κ3) is 3.96. The summed E-state index contributed by atoms with van der Waals surface area (Å²) in [5.74, 6) is 0. The molecule has 0 aliphatic heterocycles. The van der Waals surface area contributed by atoms with Crippen LogP contribution in [0.3, 0.4) is 0 Å². The molecule has 0 spiro atoms. The van der Waals surface area contributed by atoms with Crippen molar-refractivity contribution in [1.82, 2.24) is 0 Å². The van der Waals surface area contributed by atoms with Crippen molar-refractivity contribution >= 4 is 48.6 Å². The molecule has 2 heteroatoms. The van der Waals surface area contributed by atoms with Gasteiger partial charge in [-0.25, -0.2) is 0 Å². The number of rotatable bonds is 5. The van der Waals surface area contributed by atoms with Gasteiger partial charge in [-0.2, -0.15) is 0 Å². The van der Waals surface area contributed by atoms with E-state index in [1.54, 1.807) is 0 Å². The molecule has 1 heterocycles. The molecule has 0 bridgehead atoms. The van der Waals surface area contributed by atoms with Crippen LogP contribution >= 0.6 is 11.3 Å². The van der Waals surface area contributed by atoms with E-state index < -0.39 is 0 Å². The highest BCUT2D eigenvalue weighted by Crippen LogP contribution is 2.47. The molecule has 0 N–H and O–H groups in total. The second-order valence-electron chi connectivity index (χ2n) is 9.39. The lowest BCUT2D eigenvalue weighted by molar-refractivity contribution is 1.30. The molecule has 6 aromatic carbocycles. The van der Waals surface area contributed by atoms with Gasteiger partial charge in [0.2, 0.25) is 0 Å². The quantitative estimate of drug-likeness (QED) is 0.226. The Labute approximate surface area is 226 Å². The molecule has 0 radical (unpaired) electrons. The van der Waals surface area contributed by atoms with Gasteiger partial charge in [0.1, 0.15) is 0 Å². The zero-order valence-corrected chi connectivity index (χ0v) is 21.6. The maximum absolute atomic E-state index is 2.38. The summed E-state index contributed by atoms with van der Waals surface area (Å²) in [4.78, 5) is 2.38. The first kappa shape index (κ1) is 22.5. The minimum Gasteiger partial charge on any atom is -0.309 e. The molecule has 0 amide bonds. The van der Waals surface area contributed by atoms with Crippen LogP contribution in [-0.2, 0) is 0 Å². The molecule has 0 fully saturated rings. The first-order chi connectivity index (χ1) is 18.9. The van der Waals surface area contributed by atoms with Crippen molar-refractivity contribution in [3.8, 4) is 22.3 Å². The Kier molecular flexibility index (Phi) is 5.73. The fourth-order valence-corrected chi connectivity index (χ4v) is 6.60. The summed E-state index contributed by atoms with van der Waals surface area (Å²) >= 11 is 1.89. The van der Waals surface area contributed by atoms with Gasteiger partial charge < -0.3 is 4.90 Å². The van der Waals surface area contributed by atoms with Crippen LogP contribution < -0.4 is 4.90 Å². The monoisotopic (exact) mass is 503 g/mol. The highest BCUT2D eigenvalue weighted by atomic mass is 32.1. The normalized spacial score (nSPS) is 11.2. The number of para-hydroxylation sites is 1. The fourth-order valence-electron chi connectivity index (χ4n) is 5.26. The average molecular weight is 504 g/mol. The molecule has 38 heavy (non-hydrogen) atoms. The summed E-state index contributed by atoms with van der Waals surface area (Å²) in [5.41, 5.74) is 8.47. The summed E-state index contributed by atoms with van der Waals surface area (Å²) < 4.78 is 2.62. The number of anilines is 3. The molecule has 7 aromatic rings. The Morgan fingerprint density at radius 3 is 1.58 bits per heavy atom. The Hall–Kier alpha value is -4.66. The van der Waals surface area contributed by atoms with E-state index in [-0.39, 0.29) is 0 Å². The zero-order chi connectivity index (χ0) is 25.3. The van der Waals surface area contributed by atoms with Crippen LogP contribution in [0.25, 0.3) is 42.4 Å². The van der Waals surface area contributed by atoms with Crippen LogP contribution in [0.4, 0.5) is 17.1 Å². The number of benzene rings is 6. The van der Waals surface area contributed by atoms with Crippen molar-refractivity contribution < 1.29 is 0 Å². The second-order valence-corrected chi connectivity index (χ2v) is 10.4. The molecule has 0 atom stereocenters. The van der Waals surface area contributed by atoms with Crippen molar-refractivity contribution in [2.45, 2.75) is 0 Å². The minimum absolute atomic E-state index is 1.14. The van der Waals surface area contributed by atoms with Gasteiger partial charge >= 0.3 is 0 Å². The van der Waals surface area contributed by atoms with Crippen molar-refractivity contribution in [3.05, 3.63) is 152 Å².